The normalized spacial score (nSPS) is 22.1. The number of hydrogen-bond acceptors (Lipinski definition) is 5. The zero-order valence-corrected chi connectivity index (χ0v) is 21.8. The van der Waals surface area contributed by atoms with E-state index in [2.05, 4.69) is 15.2 Å². The standard InChI is InChI=1S/C28H23Cl2FN4O3/c1-38-28(37)14-8-9-21-20(12-14)34-26-23-19(10-11-35(21)26)33-25(22(23)17-6-3-7-18(30)24(17)31)27(36)32-16-5-2-4-15(29)13-16/h2-9,12-13,19,22-23,25,33H,10-11H2,1H3,(H,32,36)/t19-,22-,23+,25+/m0/s1. The molecule has 1 saturated heterocycles. The molecule has 0 radical (unpaired) electrons. The van der Waals surface area contributed by atoms with Crippen LogP contribution in [-0.2, 0) is 16.1 Å². The number of halogens is 3. The smallest absolute Gasteiger partial charge is 0.337 e. The second-order valence-corrected chi connectivity index (χ2v) is 10.4. The number of anilines is 1. The minimum atomic E-state index is -0.756. The molecule has 194 valence electrons. The summed E-state index contributed by atoms with van der Waals surface area (Å²) in [5, 5.41) is 6.88. The Hall–Kier alpha value is -3.46. The number of aryl methyl sites for hydroxylation is 1. The van der Waals surface area contributed by atoms with Crippen LogP contribution in [0.4, 0.5) is 10.1 Å². The van der Waals surface area contributed by atoms with Gasteiger partial charge in [-0.3, -0.25) is 4.79 Å². The summed E-state index contributed by atoms with van der Waals surface area (Å²) < 4.78 is 22.5. The Morgan fingerprint density at radius 2 is 1.92 bits per heavy atom. The largest absolute Gasteiger partial charge is 0.465 e. The third kappa shape index (κ3) is 4.13. The van der Waals surface area contributed by atoms with Gasteiger partial charge in [-0.25, -0.2) is 14.2 Å². The lowest BCUT2D eigenvalue weighted by Crippen LogP contribution is -2.42. The summed E-state index contributed by atoms with van der Waals surface area (Å²) in [6.45, 7) is 0.658. The molecule has 6 rings (SSSR count). The first kappa shape index (κ1) is 24.9. The van der Waals surface area contributed by atoms with Crippen molar-refractivity contribution >= 4 is 51.8 Å². The highest BCUT2D eigenvalue weighted by Crippen LogP contribution is 2.48. The van der Waals surface area contributed by atoms with Gasteiger partial charge in [0.15, 0.2) is 0 Å². The van der Waals surface area contributed by atoms with E-state index in [4.69, 9.17) is 32.9 Å². The second-order valence-electron chi connectivity index (χ2n) is 9.55. The van der Waals surface area contributed by atoms with Gasteiger partial charge in [-0.05, 0) is 54.4 Å². The van der Waals surface area contributed by atoms with E-state index in [0.717, 1.165) is 11.3 Å². The van der Waals surface area contributed by atoms with Crippen molar-refractivity contribution in [3.05, 3.63) is 93.5 Å². The van der Waals surface area contributed by atoms with E-state index >= 15 is 4.39 Å². The van der Waals surface area contributed by atoms with Crippen molar-refractivity contribution in [1.29, 1.82) is 0 Å². The first-order valence-corrected chi connectivity index (χ1v) is 13.0. The van der Waals surface area contributed by atoms with Crippen molar-refractivity contribution in [2.45, 2.75) is 36.9 Å². The molecule has 0 unspecified atom stereocenters. The molecule has 4 atom stereocenters. The van der Waals surface area contributed by atoms with E-state index in [9.17, 15) is 9.59 Å². The molecule has 7 nitrogen and oxygen atoms in total. The molecule has 1 amide bonds. The van der Waals surface area contributed by atoms with Gasteiger partial charge in [0.05, 0.1) is 34.8 Å². The van der Waals surface area contributed by atoms with Crippen LogP contribution in [0.25, 0.3) is 11.0 Å². The van der Waals surface area contributed by atoms with E-state index in [-0.39, 0.29) is 22.9 Å². The fourth-order valence-electron chi connectivity index (χ4n) is 5.83. The molecule has 0 spiro atoms. The highest BCUT2D eigenvalue weighted by Gasteiger charge is 2.51. The molecule has 3 aromatic carbocycles. The van der Waals surface area contributed by atoms with Crippen LogP contribution in [0.15, 0.2) is 60.7 Å². The van der Waals surface area contributed by atoms with Gasteiger partial charge in [0.1, 0.15) is 11.6 Å². The second kappa shape index (κ2) is 9.69. The molecule has 2 aliphatic rings. The molecule has 10 heteroatoms. The molecule has 2 aliphatic heterocycles. The number of fused-ring (bicyclic) bond motifs is 5. The van der Waals surface area contributed by atoms with Crippen LogP contribution in [0.3, 0.4) is 0 Å². The summed E-state index contributed by atoms with van der Waals surface area (Å²) in [6.07, 6.45) is 0.710. The Labute approximate surface area is 227 Å². The lowest BCUT2D eigenvalue weighted by atomic mass is 9.78. The molecular formula is C28H23Cl2FN4O3. The minimum absolute atomic E-state index is 0.00742. The monoisotopic (exact) mass is 552 g/mol. The lowest BCUT2D eigenvalue weighted by Gasteiger charge is -2.30. The van der Waals surface area contributed by atoms with Crippen LogP contribution in [0.5, 0.6) is 0 Å². The van der Waals surface area contributed by atoms with Gasteiger partial charge in [0, 0.05) is 35.1 Å². The number of esters is 1. The van der Waals surface area contributed by atoms with Crippen molar-refractivity contribution in [2.24, 2.45) is 0 Å². The van der Waals surface area contributed by atoms with Crippen LogP contribution >= 0.6 is 23.2 Å². The number of nitrogens with zero attached hydrogens (tertiary/aromatic N) is 2. The zero-order valence-electron chi connectivity index (χ0n) is 20.3. The summed E-state index contributed by atoms with van der Waals surface area (Å²) in [7, 11) is 1.33. The third-order valence-electron chi connectivity index (χ3n) is 7.45. The Morgan fingerprint density at radius 3 is 2.71 bits per heavy atom. The van der Waals surface area contributed by atoms with E-state index in [1.165, 1.54) is 13.2 Å². The average Bonchev–Trinajstić information content (AvgIpc) is 3.48. The molecule has 3 heterocycles. The van der Waals surface area contributed by atoms with Crippen molar-refractivity contribution in [3.8, 4) is 0 Å². The van der Waals surface area contributed by atoms with Crippen LogP contribution < -0.4 is 10.6 Å². The fourth-order valence-corrected chi connectivity index (χ4v) is 6.20. The van der Waals surface area contributed by atoms with Crippen LogP contribution in [0, 0.1) is 5.82 Å². The number of nitrogens with one attached hydrogen (secondary N) is 2. The number of methoxy groups -OCH3 is 1. The van der Waals surface area contributed by atoms with E-state index in [1.54, 1.807) is 48.5 Å². The number of hydrogen-bond donors (Lipinski definition) is 2. The molecule has 0 bridgehead atoms. The van der Waals surface area contributed by atoms with Gasteiger partial charge < -0.3 is 19.9 Å². The van der Waals surface area contributed by atoms with Crippen molar-refractivity contribution in [3.63, 3.8) is 0 Å². The molecule has 1 fully saturated rings. The summed E-state index contributed by atoms with van der Waals surface area (Å²) in [5.41, 5.74) is 2.79. The van der Waals surface area contributed by atoms with E-state index in [1.807, 2.05) is 6.07 Å². The molecule has 0 aliphatic carbocycles. The zero-order chi connectivity index (χ0) is 26.6. The number of benzene rings is 3. The van der Waals surface area contributed by atoms with Gasteiger partial charge in [-0.15, -0.1) is 0 Å². The first-order chi connectivity index (χ1) is 18.4. The van der Waals surface area contributed by atoms with Crippen LogP contribution in [-0.4, -0.2) is 40.6 Å². The number of carbonyl (C=O) groups excluding carboxylic acids is 2. The maximum atomic E-state index is 15.5. The Balaban J connectivity index is 1.45. The lowest BCUT2D eigenvalue weighted by molar-refractivity contribution is -0.118. The summed E-state index contributed by atoms with van der Waals surface area (Å²) in [5.74, 6) is -1.48. The Bertz CT molecular complexity index is 1590. The number of rotatable bonds is 4. The number of amides is 1. The molecule has 0 saturated carbocycles. The van der Waals surface area contributed by atoms with Gasteiger partial charge in [0.25, 0.3) is 0 Å². The Morgan fingerprint density at radius 1 is 1.11 bits per heavy atom. The predicted molar refractivity (Wildman–Crippen MR) is 143 cm³/mol. The van der Waals surface area contributed by atoms with Gasteiger partial charge in [0.2, 0.25) is 5.91 Å². The van der Waals surface area contributed by atoms with Crippen molar-refractivity contribution in [1.82, 2.24) is 14.9 Å². The van der Waals surface area contributed by atoms with E-state index < -0.39 is 23.7 Å². The number of imidazole rings is 1. The predicted octanol–water partition coefficient (Wildman–Crippen LogP) is 5.52. The van der Waals surface area contributed by atoms with Crippen LogP contribution in [0.2, 0.25) is 10.0 Å². The van der Waals surface area contributed by atoms with Crippen LogP contribution in [0.1, 0.15) is 40.0 Å². The highest BCUT2D eigenvalue weighted by molar-refractivity contribution is 6.31. The molecule has 1 aromatic heterocycles. The summed E-state index contributed by atoms with van der Waals surface area (Å²) in [6, 6.07) is 16.1. The summed E-state index contributed by atoms with van der Waals surface area (Å²) >= 11 is 12.3. The average molecular weight is 553 g/mol. The van der Waals surface area contributed by atoms with Crippen molar-refractivity contribution < 1.29 is 18.7 Å². The SMILES string of the molecule is COC(=O)c1ccc2c(c1)nc1n2CC[C@@H]2N[C@@H](C(=O)Nc3cccc(Cl)c3)[C@@H](c3cccc(Cl)c3F)[C@H]12. The summed E-state index contributed by atoms with van der Waals surface area (Å²) in [4.78, 5) is 30.6. The molecule has 4 aromatic rings. The fraction of sp³-hybridized carbons (Fsp3) is 0.250. The van der Waals surface area contributed by atoms with Gasteiger partial charge >= 0.3 is 5.97 Å². The molecule has 2 N–H and O–H groups in total. The molecular weight excluding hydrogens is 530 g/mol. The van der Waals surface area contributed by atoms with Crippen molar-refractivity contribution in [2.75, 3.05) is 12.4 Å². The molecule has 38 heavy (non-hydrogen) atoms. The third-order valence-corrected chi connectivity index (χ3v) is 7.98. The minimum Gasteiger partial charge on any atom is -0.465 e. The van der Waals surface area contributed by atoms with E-state index in [0.29, 0.717) is 40.3 Å². The number of carbonyl (C=O) groups is 2. The highest BCUT2D eigenvalue weighted by atomic mass is 35.5. The maximum Gasteiger partial charge on any atom is 0.337 e. The number of aromatic nitrogens is 2. The van der Waals surface area contributed by atoms with Gasteiger partial charge in [-0.1, -0.05) is 41.4 Å². The topological polar surface area (TPSA) is 85.2 Å². The maximum absolute atomic E-state index is 15.5. The van der Waals surface area contributed by atoms with Gasteiger partial charge in [-0.2, -0.15) is 0 Å². The first-order valence-electron chi connectivity index (χ1n) is 12.2. The Kier molecular flexibility index (Phi) is 6.34. The number of ether oxygens (including phenoxy) is 1. The quantitative estimate of drug-likeness (QED) is 0.325.